The van der Waals surface area contributed by atoms with Crippen molar-refractivity contribution in [3.8, 4) is 0 Å². The summed E-state index contributed by atoms with van der Waals surface area (Å²) in [6.07, 6.45) is 3.98. The minimum Gasteiger partial charge on any atom is -0.370 e. The molecule has 3 nitrogen and oxygen atoms in total. The Balaban J connectivity index is 2.32. The Morgan fingerprint density at radius 1 is 1.46 bits per heavy atom. The monoisotopic (exact) mass is 179 g/mol. The van der Waals surface area contributed by atoms with Gasteiger partial charge in [0.05, 0.1) is 0 Å². The lowest BCUT2D eigenvalue weighted by atomic mass is 10.2. The molecule has 0 spiro atoms. The highest BCUT2D eigenvalue weighted by Gasteiger charge is 1.95. The van der Waals surface area contributed by atoms with E-state index in [9.17, 15) is 0 Å². The molecule has 3 heteroatoms. The first kappa shape index (κ1) is 9.99. The first-order valence-electron chi connectivity index (χ1n) is 4.70. The Labute approximate surface area is 79.4 Å². The number of unbranched alkanes of at least 4 members (excludes halogenated alkanes) is 1. The van der Waals surface area contributed by atoms with Gasteiger partial charge in [0, 0.05) is 12.7 Å². The molecule has 0 aliphatic rings. The molecule has 0 aliphatic heterocycles. The van der Waals surface area contributed by atoms with E-state index >= 15 is 0 Å². The van der Waals surface area contributed by atoms with Crippen LogP contribution in [0.5, 0.6) is 0 Å². The first-order valence-corrected chi connectivity index (χ1v) is 4.70. The highest BCUT2D eigenvalue weighted by molar-refractivity contribution is 5.42. The molecule has 0 fully saturated rings. The molecule has 1 aromatic heterocycles. The van der Waals surface area contributed by atoms with Crippen molar-refractivity contribution in [1.82, 2.24) is 4.98 Å². The van der Waals surface area contributed by atoms with Gasteiger partial charge in [-0.15, -0.1) is 0 Å². The molecule has 0 atom stereocenters. The molecule has 0 bridgehead atoms. The highest BCUT2D eigenvalue weighted by Crippen LogP contribution is 2.08. The van der Waals surface area contributed by atoms with Crippen molar-refractivity contribution in [3.05, 3.63) is 23.9 Å². The van der Waals surface area contributed by atoms with Gasteiger partial charge in [0.1, 0.15) is 5.82 Å². The van der Waals surface area contributed by atoms with Crippen molar-refractivity contribution >= 4 is 5.82 Å². The van der Waals surface area contributed by atoms with Gasteiger partial charge in [-0.1, -0.05) is 6.07 Å². The van der Waals surface area contributed by atoms with Crippen molar-refractivity contribution in [1.29, 1.82) is 0 Å². The molecule has 0 radical (unpaired) electrons. The van der Waals surface area contributed by atoms with Gasteiger partial charge in [-0.05, 0) is 37.9 Å². The molecule has 0 aliphatic carbocycles. The minimum atomic E-state index is 0.767. The zero-order chi connectivity index (χ0) is 9.52. The van der Waals surface area contributed by atoms with E-state index in [4.69, 9.17) is 5.73 Å². The fourth-order valence-electron chi connectivity index (χ4n) is 1.15. The van der Waals surface area contributed by atoms with E-state index in [0.717, 1.165) is 31.7 Å². The molecule has 1 aromatic rings. The van der Waals surface area contributed by atoms with Gasteiger partial charge in [0.25, 0.3) is 0 Å². The van der Waals surface area contributed by atoms with E-state index in [-0.39, 0.29) is 0 Å². The van der Waals surface area contributed by atoms with Crippen LogP contribution in [0.2, 0.25) is 0 Å². The van der Waals surface area contributed by atoms with Crippen LogP contribution < -0.4 is 11.1 Å². The zero-order valence-electron chi connectivity index (χ0n) is 8.09. The van der Waals surface area contributed by atoms with Crippen molar-refractivity contribution in [3.63, 3.8) is 0 Å². The second kappa shape index (κ2) is 5.54. The maximum absolute atomic E-state index is 5.39. The average molecular weight is 179 g/mol. The maximum atomic E-state index is 5.39. The Hall–Kier alpha value is -1.09. The third-order valence-electron chi connectivity index (χ3n) is 1.93. The molecule has 3 N–H and O–H groups in total. The van der Waals surface area contributed by atoms with Crippen LogP contribution >= 0.6 is 0 Å². The number of rotatable bonds is 5. The van der Waals surface area contributed by atoms with Gasteiger partial charge in [-0.3, -0.25) is 0 Å². The van der Waals surface area contributed by atoms with Gasteiger partial charge in [-0.25, -0.2) is 4.98 Å². The van der Waals surface area contributed by atoms with Gasteiger partial charge in [0.2, 0.25) is 0 Å². The molecular formula is C10H17N3. The third kappa shape index (κ3) is 3.42. The van der Waals surface area contributed by atoms with E-state index in [1.807, 2.05) is 6.07 Å². The number of nitrogens with one attached hydrogen (secondary N) is 1. The smallest absolute Gasteiger partial charge is 0.128 e. The Bertz CT molecular complexity index is 248. The number of hydrogen-bond donors (Lipinski definition) is 2. The van der Waals surface area contributed by atoms with Crippen LogP contribution in [0, 0.1) is 6.92 Å². The summed E-state index contributed by atoms with van der Waals surface area (Å²) in [6.45, 7) is 3.77. The summed E-state index contributed by atoms with van der Waals surface area (Å²) >= 11 is 0. The summed E-state index contributed by atoms with van der Waals surface area (Å²) < 4.78 is 0. The molecule has 13 heavy (non-hydrogen) atoms. The molecule has 1 heterocycles. The first-order chi connectivity index (χ1) is 6.34. The minimum absolute atomic E-state index is 0.767. The summed E-state index contributed by atoms with van der Waals surface area (Å²) in [4.78, 5) is 4.23. The van der Waals surface area contributed by atoms with Crippen LogP contribution in [0.3, 0.4) is 0 Å². The van der Waals surface area contributed by atoms with E-state index < -0.39 is 0 Å². The van der Waals surface area contributed by atoms with E-state index in [1.165, 1.54) is 5.56 Å². The summed E-state index contributed by atoms with van der Waals surface area (Å²) in [5, 5.41) is 3.28. The molecule has 0 amide bonds. The van der Waals surface area contributed by atoms with Crippen LogP contribution in [0.1, 0.15) is 18.4 Å². The second-order valence-electron chi connectivity index (χ2n) is 3.09. The topological polar surface area (TPSA) is 50.9 Å². The lowest BCUT2D eigenvalue weighted by molar-refractivity contribution is 0.772. The van der Waals surface area contributed by atoms with Crippen molar-refractivity contribution in [2.24, 2.45) is 5.73 Å². The average Bonchev–Trinajstić information content (AvgIpc) is 2.15. The SMILES string of the molecule is Cc1cccnc1NCCCCN. The number of hydrogen-bond acceptors (Lipinski definition) is 3. The van der Waals surface area contributed by atoms with Crippen LogP contribution in [0.25, 0.3) is 0 Å². The molecule has 0 saturated carbocycles. The number of aromatic nitrogens is 1. The number of nitrogens with zero attached hydrogens (tertiary/aromatic N) is 1. The van der Waals surface area contributed by atoms with Crippen LogP contribution in [-0.2, 0) is 0 Å². The quantitative estimate of drug-likeness (QED) is 0.674. The van der Waals surface area contributed by atoms with Crippen molar-refractivity contribution in [2.45, 2.75) is 19.8 Å². The number of aryl methyl sites for hydroxylation is 1. The molecule has 72 valence electrons. The molecule has 0 saturated heterocycles. The van der Waals surface area contributed by atoms with Gasteiger partial charge in [0.15, 0.2) is 0 Å². The van der Waals surface area contributed by atoms with Crippen LogP contribution in [-0.4, -0.2) is 18.1 Å². The Morgan fingerprint density at radius 3 is 3.00 bits per heavy atom. The predicted octanol–water partition coefficient (Wildman–Crippen LogP) is 1.54. The van der Waals surface area contributed by atoms with Crippen LogP contribution in [0.4, 0.5) is 5.82 Å². The summed E-state index contributed by atoms with van der Waals surface area (Å²) in [5.74, 6) is 0.986. The van der Waals surface area contributed by atoms with E-state index in [0.29, 0.717) is 0 Å². The Morgan fingerprint density at radius 2 is 2.31 bits per heavy atom. The number of pyridine rings is 1. The number of anilines is 1. The zero-order valence-corrected chi connectivity index (χ0v) is 8.09. The van der Waals surface area contributed by atoms with Gasteiger partial charge >= 0.3 is 0 Å². The predicted molar refractivity (Wildman–Crippen MR) is 55.8 cm³/mol. The fraction of sp³-hybridized carbons (Fsp3) is 0.500. The summed E-state index contributed by atoms with van der Waals surface area (Å²) in [5.41, 5.74) is 6.58. The van der Waals surface area contributed by atoms with E-state index in [1.54, 1.807) is 6.20 Å². The number of nitrogens with two attached hydrogens (primary N) is 1. The van der Waals surface area contributed by atoms with E-state index in [2.05, 4.69) is 23.3 Å². The highest BCUT2D eigenvalue weighted by atomic mass is 15.0. The van der Waals surface area contributed by atoms with Gasteiger partial charge < -0.3 is 11.1 Å². The molecular weight excluding hydrogens is 162 g/mol. The largest absolute Gasteiger partial charge is 0.370 e. The molecule has 1 rings (SSSR count). The second-order valence-corrected chi connectivity index (χ2v) is 3.09. The lowest BCUT2D eigenvalue weighted by Crippen LogP contribution is -2.07. The summed E-state index contributed by atoms with van der Waals surface area (Å²) in [7, 11) is 0. The summed E-state index contributed by atoms with van der Waals surface area (Å²) in [6, 6.07) is 4.00. The standard InChI is InChI=1S/C10H17N3/c1-9-5-4-8-13-10(9)12-7-3-2-6-11/h4-5,8H,2-3,6-7,11H2,1H3,(H,12,13). The third-order valence-corrected chi connectivity index (χ3v) is 1.93. The van der Waals surface area contributed by atoms with Gasteiger partial charge in [-0.2, -0.15) is 0 Å². The Kier molecular flexibility index (Phi) is 4.26. The van der Waals surface area contributed by atoms with Crippen molar-refractivity contribution in [2.75, 3.05) is 18.4 Å². The maximum Gasteiger partial charge on any atom is 0.128 e. The van der Waals surface area contributed by atoms with Crippen molar-refractivity contribution < 1.29 is 0 Å². The molecule has 0 unspecified atom stereocenters. The lowest BCUT2D eigenvalue weighted by Gasteiger charge is -2.06. The van der Waals surface area contributed by atoms with Crippen LogP contribution in [0.15, 0.2) is 18.3 Å². The normalized spacial score (nSPS) is 10.0. The fourth-order valence-corrected chi connectivity index (χ4v) is 1.15. The molecule has 0 aromatic carbocycles.